The fraction of sp³-hybridized carbons (Fsp3) is 0.435. The minimum atomic E-state index is 0.213. The Morgan fingerprint density at radius 2 is 1.72 bits per heavy atom. The topological polar surface area (TPSA) is 95.2 Å². The lowest BCUT2D eigenvalue weighted by Gasteiger charge is -2.36. The van der Waals surface area contributed by atoms with Crippen molar-refractivity contribution < 1.29 is 9.47 Å². The molecule has 2 saturated heterocycles. The first kappa shape index (κ1) is 19.5. The minimum absolute atomic E-state index is 0.213. The fourth-order valence-corrected chi connectivity index (χ4v) is 4.69. The predicted octanol–water partition coefficient (Wildman–Crippen LogP) is 2.95. The van der Waals surface area contributed by atoms with Crippen molar-refractivity contribution in [3.63, 3.8) is 0 Å². The van der Waals surface area contributed by atoms with Crippen molar-refractivity contribution in [1.82, 2.24) is 24.9 Å². The molecule has 9 nitrogen and oxygen atoms in total. The molecular weight excluding hydrogens is 406 g/mol. The molecule has 0 saturated carbocycles. The van der Waals surface area contributed by atoms with Crippen molar-refractivity contribution in [2.45, 2.75) is 25.9 Å². The second kappa shape index (κ2) is 7.75. The Kier molecular flexibility index (Phi) is 4.73. The molecule has 6 rings (SSSR count). The Labute approximate surface area is 185 Å². The summed E-state index contributed by atoms with van der Waals surface area (Å²) in [4.78, 5) is 26.3. The summed E-state index contributed by atoms with van der Waals surface area (Å²) in [6.07, 6.45) is 1.95. The molecule has 166 valence electrons. The number of anilines is 2. The van der Waals surface area contributed by atoms with Gasteiger partial charge < -0.3 is 29.2 Å². The van der Waals surface area contributed by atoms with Gasteiger partial charge in [-0.15, -0.1) is 0 Å². The predicted molar refractivity (Wildman–Crippen MR) is 124 cm³/mol. The van der Waals surface area contributed by atoms with Crippen molar-refractivity contribution in [2.75, 3.05) is 49.3 Å². The van der Waals surface area contributed by atoms with Crippen molar-refractivity contribution in [1.29, 1.82) is 0 Å². The number of benzene rings is 1. The van der Waals surface area contributed by atoms with Crippen LogP contribution in [0.1, 0.15) is 13.8 Å². The number of rotatable bonds is 3. The second-order valence-corrected chi connectivity index (χ2v) is 8.61. The summed E-state index contributed by atoms with van der Waals surface area (Å²) >= 11 is 0. The maximum atomic E-state index is 5.68. The summed E-state index contributed by atoms with van der Waals surface area (Å²) in [7, 11) is 0. The first-order valence-corrected chi connectivity index (χ1v) is 11.2. The molecule has 2 aliphatic heterocycles. The number of hydrogen-bond acceptors (Lipinski definition) is 7. The molecule has 0 bridgehead atoms. The molecule has 2 fully saturated rings. The van der Waals surface area contributed by atoms with Crippen LogP contribution in [-0.4, -0.2) is 76.5 Å². The standard InChI is InChI=1S/C23H27N7O2/c1-14-12-31-10-8-29(14)22-19-21(27-23(28-22)30-9-11-32-13-15(30)2)26-20(25-19)17-4-3-5-18-16(17)6-7-24-18/h3-7,14-15,24H,8-13H2,1-2H3,(H,25,26,27,28)/t14-,15+/m1/s1. The molecule has 9 heteroatoms. The van der Waals surface area contributed by atoms with Crippen LogP contribution in [-0.2, 0) is 9.47 Å². The minimum Gasteiger partial charge on any atom is -0.377 e. The molecule has 0 unspecified atom stereocenters. The average molecular weight is 434 g/mol. The van der Waals surface area contributed by atoms with Gasteiger partial charge in [0.25, 0.3) is 0 Å². The van der Waals surface area contributed by atoms with E-state index in [1.807, 2.05) is 12.3 Å². The Balaban J connectivity index is 1.53. The molecule has 0 amide bonds. The van der Waals surface area contributed by atoms with E-state index in [4.69, 9.17) is 24.4 Å². The van der Waals surface area contributed by atoms with Crippen LogP contribution in [0.15, 0.2) is 30.5 Å². The number of nitrogens with one attached hydrogen (secondary N) is 2. The van der Waals surface area contributed by atoms with Gasteiger partial charge in [-0.2, -0.15) is 9.97 Å². The van der Waals surface area contributed by atoms with E-state index in [2.05, 4.69) is 51.8 Å². The van der Waals surface area contributed by atoms with Gasteiger partial charge in [-0.25, -0.2) is 4.98 Å². The van der Waals surface area contributed by atoms with Crippen LogP contribution < -0.4 is 9.80 Å². The zero-order chi connectivity index (χ0) is 21.7. The van der Waals surface area contributed by atoms with Crippen molar-refractivity contribution >= 4 is 33.8 Å². The third-order valence-electron chi connectivity index (χ3n) is 6.43. The van der Waals surface area contributed by atoms with Gasteiger partial charge in [-0.05, 0) is 26.0 Å². The first-order chi connectivity index (χ1) is 15.7. The van der Waals surface area contributed by atoms with Crippen molar-refractivity contribution in [3.8, 4) is 11.4 Å². The molecule has 0 radical (unpaired) electrons. The molecule has 2 N–H and O–H groups in total. The number of hydrogen-bond donors (Lipinski definition) is 2. The summed E-state index contributed by atoms with van der Waals surface area (Å²) in [6.45, 7) is 8.57. The van der Waals surface area contributed by atoms with Crippen LogP contribution in [0, 0.1) is 0 Å². The van der Waals surface area contributed by atoms with Gasteiger partial charge in [-0.3, -0.25) is 0 Å². The highest BCUT2D eigenvalue weighted by molar-refractivity contribution is 5.96. The average Bonchev–Trinajstić information content (AvgIpc) is 3.46. The number of morpholine rings is 2. The molecule has 0 spiro atoms. The van der Waals surface area contributed by atoms with Gasteiger partial charge in [0.15, 0.2) is 17.0 Å². The van der Waals surface area contributed by atoms with Crippen LogP contribution in [0.5, 0.6) is 0 Å². The summed E-state index contributed by atoms with van der Waals surface area (Å²) < 4.78 is 11.3. The SMILES string of the molecule is C[C@@H]1COCCN1c1nc(N2CCOC[C@@H]2C)nc2[nH]c(-c3cccc4[nH]ccc34)nc12. The maximum absolute atomic E-state index is 5.68. The zero-order valence-electron chi connectivity index (χ0n) is 18.3. The molecular formula is C23H27N7O2. The van der Waals surface area contributed by atoms with E-state index >= 15 is 0 Å². The van der Waals surface area contributed by atoms with Crippen LogP contribution in [0.3, 0.4) is 0 Å². The van der Waals surface area contributed by atoms with Gasteiger partial charge in [0.1, 0.15) is 5.82 Å². The normalized spacial score (nSPS) is 22.2. The molecule has 32 heavy (non-hydrogen) atoms. The summed E-state index contributed by atoms with van der Waals surface area (Å²) in [5, 5.41) is 1.13. The van der Waals surface area contributed by atoms with E-state index < -0.39 is 0 Å². The molecule has 5 heterocycles. The van der Waals surface area contributed by atoms with E-state index in [1.54, 1.807) is 0 Å². The summed E-state index contributed by atoms with van der Waals surface area (Å²) in [6, 6.07) is 8.70. The lowest BCUT2D eigenvalue weighted by Crippen LogP contribution is -2.46. The van der Waals surface area contributed by atoms with Gasteiger partial charge in [-0.1, -0.05) is 12.1 Å². The Bertz CT molecular complexity index is 1270. The number of fused-ring (bicyclic) bond motifs is 2. The van der Waals surface area contributed by atoms with E-state index in [9.17, 15) is 0 Å². The summed E-state index contributed by atoms with van der Waals surface area (Å²) in [5.74, 6) is 2.38. The molecule has 2 atom stereocenters. The highest BCUT2D eigenvalue weighted by Gasteiger charge is 2.28. The van der Waals surface area contributed by atoms with Gasteiger partial charge >= 0.3 is 0 Å². The summed E-state index contributed by atoms with van der Waals surface area (Å²) in [5.41, 5.74) is 3.68. The third kappa shape index (κ3) is 3.20. The lowest BCUT2D eigenvalue weighted by atomic mass is 10.1. The molecule has 0 aliphatic carbocycles. The van der Waals surface area contributed by atoms with Crippen LogP contribution >= 0.6 is 0 Å². The molecule has 2 aliphatic rings. The maximum Gasteiger partial charge on any atom is 0.229 e. The first-order valence-electron chi connectivity index (χ1n) is 11.2. The number of aromatic amines is 2. The third-order valence-corrected chi connectivity index (χ3v) is 6.43. The lowest BCUT2D eigenvalue weighted by molar-refractivity contribution is 0.0973. The fourth-order valence-electron chi connectivity index (χ4n) is 4.69. The highest BCUT2D eigenvalue weighted by Crippen LogP contribution is 2.33. The van der Waals surface area contributed by atoms with Gasteiger partial charge in [0, 0.05) is 35.8 Å². The second-order valence-electron chi connectivity index (χ2n) is 8.61. The van der Waals surface area contributed by atoms with Gasteiger partial charge in [0.05, 0.1) is 38.5 Å². The largest absolute Gasteiger partial charge is 0.377 e. The number of aromatic nitrogens is 5. The number of imidazole rings is 1. The number of H-pyrrole nitrogens is 2. The van der Waals surface area contributed by atoms with E-state index in [0.29, 0.717) is 26.4 Å². The zero-order valence-corrected chi connectivity index (χ0v) is 18.3. The van der Waals surface area contributed by atoms with E-state index in [-0.39, 0.29) is 12.1 Å². The van der Waals surface area contributed by atoms with Crippen LogP contribution in [0.25, 0.3) is 33.5 Å². The van der Waals surface area contributed by atoms with Crippen molar-refractivity contribution in [2.24, 2.45) is 0 Å². The van der Waals surface area contributed by atoms with E-state index in [0.717, 1.165) is 58.3 Å². The Hall–Kier alpha value is -3.17. The molecule has 3 aromatic heterocycles. The van der Waals surface area contributed by atoms with E-state index in [1.165, 1.54) is 0 Å². The quantitative estimate of drug-likeness (QED) is 0.513. The Morgan fingerprint density at radius 1 is 0.938 bits per heavy atom. The molecule has 4 aromatic rings. The monoisotopic (exact) mass is 433 g/mol. The van der Waals surface area contributed by atoms with Crippen molar-refractivity contribution in [3.05, 3.63) is 30.5 Å². The van der Waals surface area contributed by atoms with Gasteiger partial charge in [0.2, 0.25) is 5.95 Å². The highest BCUT2D eigenvalue weighted by atomic mass is 16.5. The van der Waals surface area contributed by atoms with Crippen LogP contribution in [0.2, 0.25) is 0 Å². The number of ether oxygens (including phenoxy) is 2. The smallest absolute Gasteiger partial charge is 0.229 e. The molecule has 1 aromatic carbocycles. The Morgan fingerprint density at radius 3 is 2.50 bits per heavy atom. The van der Waals surface area contributed by atoms with Crippen LogP contribution in [0.4, 0.5) is 11.8 Å². The number of nitrogens with zero attached hydrogens (tertiary/aromatic N) is 5.